The zero-order valence-electron chi connectivity index (χ0n) is 11.0. The van der Waals surface area contributed by atoms with Gasteiger partial charge in [-0.25, -0.2) is 0 Å². The Morgan fingerprint density at radius 1 is 1.10 bits per heavy atom. The van der Waals surface area contributed by atoms with Gasteiger partial charge in [-0.1, -0.05) is 18.2 Å². The maximum Gasteiger partial charge on any atom is 0.259 e. The highest BCUT2D eigenvalue weighted by Crippen LogP contribution is 2.25. The molecule has 0 unspecified atom stereocenters. The van der Waals surface area contributed by atoms with E-state index >= 15 is 0 Å². The van der Waals surface area contributed by atoms with E-state index in [9.17, 15) is 15.0 Å². The van der Waals surface area contributed by atoms with Crippen LogP contribution in [0.1, 0.15) is 15.9 Å². The van der Waals surface area contributed by atoms with Crippen LogP contribution in [-0.2, 0) is 6.54 Å². The number of phenolic OH excluding ortho intramolecular Hbond substituents is 2. The van der Waals surface area contributed by atoms with Gasteiger partial charge < -0.3 is 20.3 Å². The largest absolute Gasteiger partial charge is 0.507 e. The molecule has 2 rings (SSSR count). The van der Waals surface area contributed by atoms with Crippen LogP contribution in [0.2, 0.25) is 0 Å². The van der Waals surface area contributed by atoms with E-state index in [0.29, 0.717) is 0 Å². The maximum atomic E-state index is 11.9. The minimum Gasteiger partial charge on any atom is -0.507 e. The van der Waals surface area contributed by atoms with Crippen molar-refractivity contribution in [2.45, 2.75) is 6.54 Å². The van der Waals surface area contributed by atoms with Crippen LogP contribution < -0.4 is 10.1 Å². The Bertz CT molecular complexity index is 588. The third-order valence-corrected chi connectivity index (χ3v) is 2.86. The molecule has 0 aliphatic rings. The number of amides is 1. The summed E-state index contributed by atoms with van der Waals surface area (Å²) >= 11 is 0. The number of hydrogen-bond donors (Lipinski definition) is 3. The number of nitrogens with one attached hydrogen (secondary N) is 1. The Balaban J connectivity index is 2.05. The van der Waals surface area contributed by atoms with Crippen LogP contribution in [0, 0.1) is 0 Å². The molecule has 0 fully saturated rings. The van der Waals surface area contributed by atoms with E-state index in [-0.39, 0.29) is 23.6 Å². The van der Waals surface area contributed by atoms with E-state index in [2.05, 4.69) is 5.32 Å². The Kier molecular flexibility index (Phi) is 4.10. The number of phenols is 2. The number of aromatic hydroxyl groups is 2. The highest BCUT2D eigenvalue weighted by molar-refractivity contribution is 5.99. The fourth-order valence-electron chi connectivity index (χ4n) is 1.78. The van der Waals surface area contributed by atoms with Crippen LogP contribution >= 0.6 is 0 Å². The Morgan fingerprint density at radius 3 is 2.25 bits per heavy atom. The van der Waals surface area contributed by atoms with Crippen molar-refractivity contribution in [1.29, 1.82) is 0 Å². The zero-order chi connectivity index (χ0) is 14.5. The van der Waals surface area contributed by atoms with Gasteiger partial charge in [0.2, 0.25) is 0 Å². The van der Waals surface area contributed by atoms with Gasteiger partial charge in [0.15, 0.2) is 0 Å². The summed E-state index contributed by atoms with van der Waals surface area (Å²) in [7, 11) is 1.58. The normalized spacial score (nSPS) is 10.1. The first kappa shape index (κ1) is 13.7. The number of benzene rings is 2. The van der Waals surface area contributed by atoms with Gasteiger partial charge in [0.1, 0.15) is 22.8 Å². The zero-order valence-corrected chi connectivity index (χ0v) is 11.0. The number of ether oxygens (including phenoxy) is 1. The van der Waals surface area contributed by atoms with E-state index in [1.54, 1.807) is 19.2 Å². The summed E-state index contributed by atoms with van der Waals surface area (Å²) in [5, 5.41) is 21.8. The predicted octanol–water partition coefficient (Wildman–Crippen LogP) is 2.04. The topological polar surface area (TPSA) is 78.8 Å². The summed E-state index contributed by atoms with van der Waals surface area (Å²) in [6, 6.07) is 11.4. The van der Waals surface area contributed by atoms with Crippen molar-refractivity contribution in [2.24, 2.45) is 0 Å². The molecular weight excluding hydrogens is 258 g/mol. The molecule has 0 aliphatic heterocycles. The van der Waals surface area contributed by atoms with E-state index in [4.69, 9.17) is 4.74 Å². The lowest BCUT2D eigenvalue weighted by atomic mass is 10.1. The van der Waals surface area contributed by atoms with Crippen molar-refractivity contribution in [3.63, 3.8) is 0 Å². The maximum absolute atomic E-state index is 11.9. The molecule has 2 aromatic rings. The Hall–Kier alpha value is -2.69. The summed E-state index contributed by atoms with van der Waals surface area (Å²) < 4.78 is 5.04. The quantitative estimate of drug-likeness (QED) is 0.796. The predicted molar refractivity (Wildman–Crippen MR) is 73.9 cm³/mol. The lowest BCUT2D eigenvalue weighted by Crippen LogP contribution is -2.22. The van der Waals surface area contributed by atoms with Crippen molar-refractivity contribution in [3.05, 3.63) is 53.6 Å². The van der Waals surface area contributed by atoms with Crippen molar-refractivity contribution < 1.29 is 19.7 Å². The molecule has 0 atom stereocenters. The number of carbonyl (C=O) groups excluding carboxylic acids is 1. The van der Waals surface area contributed by atoms with E-state index in [1.165, 1.54) is 18.2 Å². The minimum atomic E-state index is -0.531. The number of methoxy groups -OCH3 is 1. The summed E-state index contributed by atoms with van der Waals surface area (Å²) in [5.41, 5.74) is 0.759. The van der Waals surface area contributed by atoms with Gasteiger partial charge in [0.25, 0.3) is 5.91 Å². The first-order valence-corrected chi connectivity index (χ1v) is 6.04. The molecule has 0 spiro atoms. The van der Waals surface area contributed by atoms with Crippen LogP contribution in [0.4, 0.5) is 0 Å². The molecule has 0 bridgehead atoms. The molecule has 0 heterocycles. The van der Waals surface area contributed by atoms with Gasteiger partial charge in [-0.2, -0.15) is 0 Å². The van der Waals surface area contributed by atoms with E-state index in [1.807, 2.05) is 12.1 Å². The van der Waals surface area contributed by atoms with Gasteiger partial charge in [0.05, 0.1) is 7.11 Å². The van der Waals surface area contributed by atoms with Crippen LogP contribution in [0.25, 0.3) is 0 Å². The van der Waals surface area contributed by atoms with Gasteiger partial charge in [-0.15, -0.1) is 0 Å². The van der Waals surface area contributed by atoms with Crippen molar-refractivity contribution >= 4 is 5.91 Å². The smallest absolute Gasteiger partial charge is 0.259 e. The third kappa shape index (κ3) is 3.00. The second kappa shape index (κ2) is 5.97. The van der Waals surface area contributed by atoms with E-state index < -0.39 is 5.91 Å². The summed E-state index contributed by atoms with van der Waals surface area (Å²) in [5.74, 6) is -0.302. The summed E-state index contributed by atoms with van der Waals surface area (Å²) in [6.07, 6.45) is 0. The molecule has 1 amide bonds. The molecule has 0 aliphatic carbocycles. The van der Waals surface area contributed by atoms with Crippen molar-refractivity contribution in [2.75, 3.05) is 7.11 Å². The second-order valence-electron chi connectivity index (χ2n) is 4.20. The number of hydrogen-bond acceptors (Lipinski definition) is 4. The lowest BCUT2D eigenvalue weighted by molar-refractivity contribution is 0.0945. The fraction of sp³-hybridized carbons (Fsp3) is 0.133. The molecule has 0 radical (unpaired) electrons. The lowest BCUT2D eigenvalue weighted by Gasteiger charge is -2.09. The monoisotopic (exact) mass is 273 g/mol. The molecule has 104 valence electrons. The first-order chi connectivity index (χ1) is 9.61. The Morgan fingerprint density at radius 2 is 1.70 bits per heavy atom. The summed E-state index contributed by atoms with van der Waals surface area (Å²) in [6.45, 7) is 0.288. The fourth-order valence-corrected chi connectivity index (χ4v) is 1.78. The molecule has 3 N–H and O–H groups in total. The van der Waals surface area contributed by atoms with Crippen LogP contribution in [0.15, 0.2) is 42.5 Å². The number of carbonyl (C=O) groups is 1. The van der Waals surface area contributed by atoms with Crippen molar-refractivity contribution in [3.8, 4) is 17.2 Å². The highest BCUT2D eigenvalue weighted by atomic mass is 16.5. The first-order valence-electron chi connectivity index (χ1n) is 6.04. The van der Waals surface area contributed by atoms with Crippen LogP contribution in [-0.4, -0.2) is 23.2 Å². The highest BCUT2D eigenvalue weighted by Gasteiger charge is 2.15. The molecule has 0 saturated heterocycles. The van der Waals surface area contributed by atoms with Gasteiger partial charge in [0, 0.05) is 6.54 Å². The molecule has 5 heteroatoms. The average Bonchev–Trinajstić information content (AvgIpc) is 2.45. The second-order valence-corrected chi connectivity index (χ2v) is 4.20. The van der Waals surface area contributed by atoms with Crippen LogP contribution in [0.3, 0.4) is 0 Å². The van der Waals surface area contributed by atoms with Gasteiger partial charge in [-0.05, 0) is 29.8 Å². The minimum absolute atomic E-state index is 0.124. The third-order valence-electron chi connectivity index (χ3n) is 2.86. The molecule has 0 saturated carbocycles. The van der Waals surface area contributed by atoms with Gasteiger partial charge >= 0.3 is 0 Å². The molecule has 20 heavy (non-hydrogen) atoms. The molecule has 2 aromatic carbocycles. The molecular formula is C15H15NO4. The molecule has 0 aromatic heterocycles. The van der Waals surface area contributed by atoms with Crippen molar-refractivity contribution in [1.82, 2.24) is 5.32 Å². The SMILES string of the molecule is COc1ccc(CNC(=O)c2c(O)cccc2O)cc1. The number of rotatable bonds is 4. The summed E-state index contributed by atoms with van der Waals surface area (Å²) in [4.78, 5) is 11.9. The molecule has 5 nitrogen and oxygen atoms in total. The van der Waals surface area contributed by atoms with E-state index in [0.717, 1.165) is 11.3 Å². The van der Waals surface area contributed by atoms with Gasteiger partial charge in [-0.3, -0.25) is 4.79 Å². The Labute approximate surface area is 116 Å². The van der Waals surface area contributed by atoms with Crippen LogP contribution in [0.5, 0.6) is 17.2 Å². The average molecular weight is 273 g/mol. The standard InChI is InChI=1S/C15H15NO4/c1-20-11-7-5-10(6-8-11)9-16-15(19)14-12(17)3-2-4-13(14)18/h2-8,17-18H,9H2,1H3,(H,16,19).